The van der Waals surface area contributed by atoms with Gasteiger partial charge in [0.05, 0.1) is 17.8 Å². The number of nitrogens with zero attached hydrogens (tertiary/aromatic N) is 2. The van der Waals surface area contributed by atoms with Crippen molar-refractivity contribution in [2.75, 3.05) is 5.73 Å². The number of rotatable bonds is 4. The molecule has 0 spiro atoms. The van der Waals surface area contributed by atoms with Gasteiger partial charge in [0.2, 0.25) is 0 Å². The minimum absolute atomic E-state index is 0.0536. The molecular formula is C16H18BrN3O. The van der Waals surface area contributed by atoms with E-state index in [0.717, 1.165) is 10.2 Å². The van der Waals surface area contributed by atoms with Crippen LogP contribution in [0.5, 0.6) is 0 Å². The molecule has 2 aromatic rings. The Balaban J connectivity index is 2.30. The van der Waals surface area contributed by atoms with E-state index in [1.165, 1.54) is 0 Å². The van der Waals surface area contributed by atoms with Gasteiger partial charge in [-0.25, -0.2) is 0 Å². The smallest absolute Gasteiger partial charge is 0.256 e. The fourth-order valence-corrected chi connectivity index (χ4v) is 2.38. The number of nitrogens with two attached hydrogens (primary N) is 1. The molecule has 0 radical (unpaired) electrons. The highest BCUT2D eigenvalue weighted by Crippen LogP contribution is 2.21. The number of aromatic nitrogens is 1. The molecule has 4 nitrogen and oxygen atoms in total. The highest BCUT2D eigenvalue weighted by atomic mass is 79.9. The van der Waals surface area contributed by atoms with Crippen LogP contribution < -0.4 is 5.73 Å². The Morgan fingerprint density at radius 3 is 2.71 bits per heavy atom. The molecule has 0 saturated heterocycles. The number of benzene rings is 1. The summed E-state index contributed by atoms with van der Waals surface area (Å²) in [4.78, 5) is 18.8. The molecule has 1 aromatic heterocycles. The molecular weight excluding hydrogens is 330 g/mol. The second kappa shape index (κ2) is 6.72. The first-order valence-corrected chi connectivity index (χ1v) is 7.54. The van der Waals surface area contributed by atoms with Crippen molar-refractivity contribution < 1.29 is 4.79 Å². The van der Waals surface area contributed by atoms with Crippen molar-refractivity contribution in [2.24, 2.45) is 0 Å². The van der Waals surface area contributed by atoms with Crippen LogP contribution in [0.1, 0.15) is 29.9 Å². The van der Waals surface area contributed by atoms with Crippen molar-refractivity contribution >= 4 is 27.5 Å². The molecule has 1 amide bonds. The van der Waals surface area contributed by atoms with Gasteiger partial charge in [0.1, 0.15) is 0 Å². The SMILES string of the molecule is CC(C)N(Cc1ccccn1)C(=O)c1cc(Br)ccc1N. The Labute approximate surface area is 133 Å². The fraction of sp³-hybridized carbons (Fsp3) is 0.250. The molecule has 0 fully saturated rings. The van der Waals surface area contributed by atoms with Crippen molar-refractivity contribution in [1.29, 1.82) is 0 Å². The quantitative estimate of drug-likeness (QED) is 0.861. The number of hydrogen-bond acceptors (Lipinski definition) is 3. The Morgan fingerprint density at radius 2 is 2.10 bits per heavy atom. The summed E-state index contributed by atoms with van der Waals surface area (Å²) < 4.78 is 0.835. The van der Waals surface area contributed by atoms with Crippen LogP contribution in [0.25, 0.3) is 0 Å². The summed E-state index contributed by atoms with van der Waals surface area (Å²) >= 11 is 3.38. The molecule has 0 aliphatic carbocycles. The standard InChI is InChI=1S/C16H18BrN3O/c1-11(2)20(10-13-5-3-4-8-19-13)16(21)14-9-12(17)6-7-15(14)18/h3-9,11H,10,18H2,1-2H3. The minimum atomic E-state index is -0.0885. The lowest BCUT2D eigenvalue weighted by Gasteiger charge is -2.27. The molecule has 5 heteroatoms. The first-order valence-electron chi connectivity index (χ1n) is 6.75. The van der Waals surface area contributed by atoms with E-state index >= 15 is 0 Å². The first kappa shape index (κ1) is 15.5. The third-order valence-electron chi connectivity index (χ3n) is 3.19. The number of carbonyl (C=O) groups excluding carboxylic acids is 1. The van der Waals surface area contributed by atoms with E-state index in [-0.39, 0.29) is 11.9 Å². The van der Waals surface area contributed by atoms with Gasteiger partial charge in [-0.3, -0.25) is 9.78 Å². The first-order chi connectivity index (χ1) is 9.99. The monoisotopic (exact) mass is 347 g/mol. The van der Waals surface area contributed by atoms with Gasteiger partial charge in [-0.05, 0) is 44.2 Å². The number of hydrogen-bond donors (Lipinski definition) is 1. The zero-order chi connectivity index (χ0) is 15.4. The van der Waals surface area contributed by atoms with E-state index in [4.69, 9.17) is 5.73 Å². The molecule has 1 aromatic carbocycles. The molecule has 110 valence electrons. The fourth-order valence-electron chi connectivity index (χ4n) is 2.02. The maximum absolute atomic E-state index is 12.8. The molecule has 21 heavy (non-hydrogen) atoms. The Kier molecular flexibility index (Phi) is 4.96. The highest BCUT2D eigenvalue weighted by molar-refractivity contribution is 9.10. The molecule has 0 aliphatic rings. The number of carbonyl (C=O) groups is 1. The van der Waals surface area contributed by atoms with Crippen LogP contribution in [0.15, 0.2) is 47.1 Å². The lowest BCUT2D eigenvalue weighted by Crippen LogP contribution is -2.37. The summed E-state index contributed by atoms with van der Waals surface area (Å²) in [5.74, 6) is -0.0885. The summed E-state index contributed by atoms with van der Waals surface area (Å²) in [6.07, 6.45) is 1.73. The van der Waals surface area contributed by atoms with Crippen LogP contribution >= 0.6 is 15.9 Å². The molecule has 1 heterocycles. The summed E-state index contributed by atoms with van der Waals surface area (Å²) in [6, 6.07) is 11.0. The molecule has 2 N–H and O–H groups in total. The normalized spacial score (nSPS) is 10.7. The van der Waals surface area contributed by atoms with E-state index < -0.39 is 0 Å². The number of nitrogen functional groups attached to an aromatic ring is 1. The lowest BCUT2D eigenvalue weighted by atomic mass is 10.1. The van der Waals surface area contributed by atoms with Gasteiger partial charge in [-0.15, -0.1) is 0 Å². The van der Waals surface area contributed by atoms with E-state index in [2.05, 4.69) is 20.9 Å². The molecule has 0 atom stereocenters. The van der Waals surface area contributed by atoms with Crippen LogP contribution in [0.3, 0.4) is 0 Å². The number of anilines is 1. The number of pyridine rings is 1. The zero-order valence-corrected chi connectivity index (χ0v) is 13.7. The second-order valence-electron chi connectivity index (χ2n) is 5.08. The summed E-state index contributed by atoms with van der Waals surface area (Å²) in [5, 5.41) is 0. The Morgan fingerprint density at radius 1 is 1.33 bits per heavy atom. The van der Waals surface area contributed by atoms with Crippen molar-refractivity contribution in [2.45, 2.75) is 26.4 Å². The third kappa shape index (κ3) is 3.82. The van der Waals surface area contributed by atoms with Gasteiger partial charge in [-0.1, -0.05) is 22.0 Å². The molecule has 0 unspecified atom stereocenters. The van der Waals surface area contributed by atoms with Crippen LogP contribution in [-0.4, -0.2) is 21.8 Å². The largest absolute Gasteiger partial charge is 0.398 e. The molecule has 0 saturated carbocycles. The molecule has 2 rings (SSSR count). The van der Waals surface area contributed by atoms with Crippen LogP contribution in [0.2, 0.25) is 0 Å². The number of amides is 1. The summed E-state index contributed by atoms with van der Waals surface area (Å²) in [5.41, 5.74) is 7.78. The Hall–Kier alpha value is -1.88. The average molecular weight is 348 g/mol. The topological polar surface area (TPSA) is 59.2 Å². The van der Waals surface area contributed by atoms with E-state index in [1.807, 2.05) is 38.1 Å². The van der Waals surface area contributed by atoms with E-state index in [0.29, 0.717) is 17.8 Å². The maximum atomic E-state index is 12.8. The maximum Gasteiger partial charge on any atom is 0.256 e. The minimum Gasteiger partial charge on any atom is -0.398 e. The average Bonchev–Trinajstić information content (AvgIpc) is 2.47. The van der Waals surface area contributed by atoms with Gasteiger partial charge in [0, 0.05) is 22.4 Å². The molecule has 0 bridgehead atoms. The van der Waals surface area contributed by atoms with Crippen molar-refractivity contribution in [3.63, 3.8) is 0 Å². The summed E-state index contributed by atoms with van der Waals surface area (Å²) in [7, 11) is 0. The third-order valence-corrected chi connectivity index (χ3v) is 3.68. The zero-order valence-electron chi connectivity index (χ0n) is 12.1. The van der Waals surface area contributed by atoms with Crippen LogP contribution in [0, 0.1) is 0 Å². The van der Waals surface area contributed by atoms with E-state index in [1.54, 1.807) is 23.2 Å². The summed E-state index contributed by atoms with van der Waals surface area (Å²) in [6.45, 7) is 4.42. The number of halogens is 1. The van der Waals surface area contributed by atoms with E-state index in [9.17, 15) is 4.79 Å². The predicted molar refractivity (Wildman–Crippen MR) is 87.8 cm³/mol. The van der Waals surface area contributed by atoms with Gasteiger partial charge < -0.3 is 10.6 Å². The van der Waals surface area contributed by atoms with Gasteiger partial charge >= 0.3 is 0 Å². The van der Waals surface area contributed by atoms with Crippen LogP contribution in [0.4, 0.5) is 5.69 Å². The second-order valence-corrected chi connectivity index (χ2v) is 6.00. The van der Waals surface area contributed by atoms with Crippen molar-refractivity contribution in [1.82, 2.24) is 9.88 Å². The molecule has 0 aliphatic heterocycles. The van der Waals surface area contributed by atoms with Crippen molar-refractivity contribution in [3.8, 4) is 0 Å². The van der Waals surface area contributed by atoms with Gasteiger partial charge in [0.15, 0.2) is 0 Å². The van der Waals surface area contributed by atoms with Crippen LogP contribution in [-0.2, 0) is 6.54 Å². The highest BCUT2D eigenvalue weighted by Gasteiger charge is 2.21. The van der Waals surface area contributed by atoms with Gasteiger partial charge in [-0.2, -0.15) is 0 Å². The van der Waals surface area contributed by atoms with Gasteiger partial charge in [0.25, 0.3) is 5.91 Å². The Bertz CT molecular complexity index is 629. The lowest BCUT2D eigenvalue weighted by molar-refractivity contribution is 0.0689. The predicted octanol–water partition coefficient (Wildman–Crippen LogP) is 3.48. The van der Waals surface area contributed by atoms with Crippen molar-refractivity contribution in [3.05, 3.63) is 58.3 Å².